The summed E-state index contributed by atoms with van der Waals surface area (Å²) in [7, 11) is 6.19. The van der Waals surface area contributed by atoms with E-state index in [4.69, 9.17) is 4.98 Å². The molecule has 1 aromatic carbocycles. The summed E-state index contributed by atoms with van der Waals surface area (Å²) >= 11 is 0. The van der Waals surface area contributed by atoms with Crippen LogP contribution in [0.1, 0.15) is 18.4 Å². The maximum atomic E-state index is 12.8. The summed E-state index contributed by atoms with van der Waals surface area (Å²) in [4.78, 5) is 34.5. The molecule has 6 rings (SSSR count). The van der Waals surface area contributed by atoms with Gasteiger partial charge in [-0.3, -0.25) is 14.9 Å². The monoisotopic (exact) mass is 509 g/mol. The zero-order valence-corrected chi connectivity index (χ0v) is 21.8. The number of amides is 1. The van der Waals surface area contributed by atoms with Crippen LogP contribution < -0.4 is 5.32 Å². The van der Waals surface area contributed by atoms with Gasteiger partial charge in [-0.25, -0.2) is 9.97 Å². The highest BCUT2D eigenvalue weighted by Gasteiger charge is 2.23. The molecule has 0 saturated carbocycles. The van der Waals surface area contributed by atoms with Crippen molar-refractivity contribution in [3.05, 3.63) is 54.5 Å². The number of aromatic amines is 2. The van der Waals surface area contributed by atoms with Crippen molar-refractivity contribution in [3.63, 3.8) is 0 Å². The number of pyridine rings is 2. The Kier molecular flexibility index (Phi) is 6.34. The van der Waals surface area contributed by atoms with Crippen LogP contribution in [0.4, 0.5) is 5.69 Å². The molecule has 38 heavy (non-hydrogen) atoms. The van der Waals surface area contributed by atoms with Gasteiger partial charge in [0.1, 0.15) is 5.69 Å². The molecule has 0 aliphatic carbocycles. The lowest BCUT2D eigenvalue weighted by atomic mass is 9.96. The minimum absolute atomic E-state index is 0.0309. The van der Waals surface area contributed by atoms with Crippen molar-refractivity contribution >= 4 is 33.7 Å². The number of hydrogen-bond donors (Lipinski definition) is 3. The zero-order chi connectivity index (χ0) is 26.2. The van der Waals surface area contributed by atoms with Gasteiger partial charge in [0.25, 0.3) is 0 Å². The molecule has 5 aromatic rings. The molecule has 0 radical (unpaired) electrons. The van der Waals surface area contributed by atoms with Crippen molar-refractivity contribution in [2.24, 2.45) is 5.92 Å². The Morgan fingerprint density at radius 1 is 1.13 bits per heavy atom. The standard InChI is InChI=1S/C28H31N9O/c1-36(2)16-18-5-4-6-23-24(18)33-27(32-23)25-22-12-20(14-30-26(22)35-34-25)19-11-21(15-29-13-19)31-28(38)17-7-9-37(3)10-8-17/h4-6,11-15,17H,7-10,16H2,1-3H3,(H,31,38)(H,32,33)(H,30,34,35). The fraction of sp³-hybridized carbons (Fsp3) is 0.321. The van der Waals surface area contributed by atoms with Crippen molar-refractivity contribution in [3.8, 4) is 22.6 Å². The number of likely N-dealkylation sites (tertiary alicyclic amines) is 1. The lowest BCUT2D eigenvalue weighted by molar-refractivity contribution is -0.121. The van der Waals surface area contributed by atoms with E-state index in [9.17, 15) is 4.79 Å². The number of fused-ring (bicyclic) bond motifs is 2. The van der Waals surface area contributed by atoms with E-state index in [1.165, 1.54) is 0 Å². The van der Waals surface area contributed by atoms with E-state index >= 15 is 0 Å². The fourth-order valence-corrected chi connectivity index (χ4v) is 5.10. The third kappa shape index (κ3) is 4.75. The molecule has 1 saturated heterocycles. The molecule has 4 aromatic heterocycles. The normalized spacial score (nSPS) is 15.1. The summed E-state index contributed by atoms with van der Waals surface area (Å²) in [6.45, 7) is 2.68. The van der Waals surface area contributed by atoms with Crippen LogP contribution >= 0.6 is 0 Å². The first-order chi connectivity index (χ1) is 18.4. The van der Waals surface area contributed by atoms with Crippen LogP contribution in [0.3, 0.4) is 0 Å². The number of para-hydroxylation sites is 1. The van der Waals surface area contributed by atoms with E-state index in [0.29, 0.717) is 17.2 Å². The van der Waals surface area contributed by atoms with Crippen LogP contribution in [0, 0.1) is 5.92 Å². The van der Waals surface area contributed by atoms with Gasteiger partial charge < -0.3 is 20.1 Å². The Bertz CT molecular complexity index is 1610. The number of imidazole rings is 1. The van der Waals surface area contributed by atoms with E-state index < -0.39 is 0 Å². The predicted octanol–water partition coefficient (Wildman–Crippen LogP) is 3.91. The number of hydrogen-bond acceptors (Lipinski definition) is 7. The molecule has 0 spiro atoms. The topological polar surface area (TPSA) is 119 Å². The number of nitrogens with one attached hydrogen (secondary N) is 3. The minimum atomic E-state index is 0.0309. The Morgan fingerprint density at radius 2 is 1.95 bits per heavy atom. The SMILES string of the molecule is CN(C)Cc1cccc2[nH]c(-c3[nH]nc4ncc(-c5cncc(NC(=O)C6CCN(C)CC6)c5)cc34)nc12. The van der Waals surface area contributed by atoms with Crippen LogP contribution in [0.15, 0.2) is 48.9 Å². The quantitative estimate of drug-likeness (QED) is 0.318. The third-order valence-corrected chi connectivity index (χ3v) is 7.16. The highest BCUT2D eigenvalue weighted by molar-refractivity contribution is 5.95. The number of rotatable bonds is 6. The van der Waals surface area contributed by atoms with Crippen molar-refractivity contribution in [2.45, 2.75) is 19.4 Å². The average Bonchev–Trinajstić information content (AvgIpc) is 3.53. The maximum absolute atomic E-state index is 12.8. The average molecular weight is 510 g/mol. The Balaban J connectivity index is 1.30. The molecule has 1 aliphatic heterocycles. The second-order valence-electron chi connectivity index (χ2n) is 10.4. The van der Waals surface area contributed by atoms with E-state index in [0.717, 1.165) is 71.3 Å². The maximum Gasteiger partial charge on any atom is 0.227 e. The van der Waals surface area contributed by atoms with E-state index in [-0.39, 0.29) is 11.8 Å². The molecule has 10 heteroatoms. The van der Waals surface area contributed by atoms with Crippen LogP contribution in [-0.2, 0) is 11.3 Å². The second-order valence-corrected chi connectivity index (χ2v) is 10.4. The lowest BCUT2D eigenvalue weighted by Gasteiger charge is -2.28. The minimum Gasteiger partial charge on any atom is -0.337 e. The van der Waals surface area contributed by atoms with Crippen molar-refractivity contribution < 1.29 is 4.79 Å². The summed E-state index contributed by atoms with van der Waals surface area (Å²) in [5.74, 6) is 0.801. The Morgan fingerprint density at radius 3 is 2.76 bits per heavy atom. The summed E-state index contributed by atoms with van der Waals surface area (Å²) in [6.07, 6.45) is 6.99. The molecule has 0 unspecified atom stereocenters. The van der Waals surface area contributed by atoms with Gasteiger partial charge in [-0.2, -0.15) is 5.10 Å². The largest absolute Gasteiger partial charge is 0.337 e. The summed E-state index contributed by atoms with van der Waals surface area (Å²) < 4.78 is 0. The number of piperidine rings is 1. The number of H-pyrrole nitrogens is 2. The van der Waals surface area contributed by atoms with Gasteiger partial charge >= 0.3 is 0 Å². The molecule has 0 bridgehead atoms. The number of aromatic nitrogens is 6. The van der Waals surface area contributed by atoms with Gasteiger partial charge in [-0.15, -0.1) is 0 Å². The number of carbonyl (C=O) groups excluding carboxylic acids is 1. The molecule has 1 aliphatic rings. The van der Waals surface area contributed by atoms with Crippen molar-refractivity contribution in [1.82, 2.24) is 39.9 Å². The summed E-state index contributed by atoms with van der Waals surface area (Å²) in [5.41, 5.74) is 6.90. The summed E-state index contributed by atoms with van der Waals surface area (Å²) in [5, 5.41) is 11.4. The van der Waals surface area contributed by atoms with Crippen LogP contribution in [-0.4, -0.2) is 80.1 Å². The number of nitrogens with zero attached hydrogens (tertiary/aromatic N) is 6. The number of anilines is 1. The van der Waals surface area contributed by atoms with Crippen LogP contribution in [0.5, 0.6) is 0 Å². The molecule has 1 amide bonds. The molecular weight excluding hydrogens is 478 g/mol. The molecule has 3 N–H and O–H groups in total. The fourth-order valence-electron chi connectivity index (χ4n) is 5.10. The molecular formula is C28H31N9O. The zero-order valence-electron chi connectivity index (χ0n) is 21.8. The second kappa shape index (κ2) is 9.96. The highest BCUT2D eigenvalue weighted by atomic mass is 16.1. The van der Waals surface area contributed by atoms with Crippen LogP contribution in [0.25, 0.3) is 44.7 Å². The first-order valence-electron chi connectivity index (χ1n) is 12.9. The van der Waals surface area contributed by atoms with Gasteiger partial charge in [0.2, 0.25) is 5.91 Å². The highest BCUT2D eigenvalue weighted by Crippen LogP contribution is 2.30. The Labute approximate surface area is 220 Å². The molecule has 194 valence electrons. The van der Waals surface area contributed by atoms with E-state index in [1.807, 2.05) is 38.4 Å². The first kappa shape index (κ1) is 24.2. The van der Waals surface area contributed by atoms with E-state index in [2.05, 4.69) is 53.4 Å². The van der Waals surface area contributed by atoms with Gasteiger partial charge in [0.05, 0.1) is 28.3 Å². The first-order valence-corrected chi connectivity index (χ1v) is 12.9. The third-order valence-electron chi connectivity index (χ3n) is 7.16. The smallest absolute Gasteiger partial charge is 0.227 e. The molecule has 1 fully saturated rings. The van der Waals surface area contributed by atoms with E-state index in [1.54, 1.807) is 18.6 Å². The van der Waals surface area contributed by atoms with Crippen molar-refractivity contribution in [1.29, 1.82) is 0 Å². The Hall–Kier alpha value is -4.15. The lowest BCUT2D eigenvalue weighted by Crippen LogP contribution is -2.35. The number of benzene rings is 1. The van der Waals surface area contributed by atoms with Gasteiger partial charge in [0, 0.05) is 36.0 Å². The predicted molar refractivity (Wildman–Crippen MR) is 148 cm³/mol. The van der Waals surface area contributed by atoms with Crippen molar-refractivity contribution in [2.75, 3.05) is 39.5 Å². The summed E-state index contributed by atoms with van der Waals surface area (Å²) in [6, 6.07) is 10.2. The molecule has 0 atom stereocenters. The molecule has 10 nitrogen and oxygen atoms in total. The van der Waals surface area contributed by atoms with Gasteiger partial charge in [0.15, 0.2) is 11.5 Å². The van der Waals surface area contributed by atoms with Crippen LogP contribution in [0.2, 0.25) is 0 Å². The number of carbonyl (C=O) groups is 1. The van der Waals surface area contributed by atoms with Gasteiger partial charge in [-0.1, -0.05) is 12.1 Å². The van der Waals surface area contributed by atoms with Gasteiger partial charge in [-0.05, 0) is 70.8 Å². The molecule has 5 heterocycles.